The Morgan fingerprint density at radius 2 is 1.40 bits per heavy atom. The predicted octanol–water partition coefficient (Wildman–Crippen LogP) is 5.85. The summed E-state index contributed by atoms with van der Waals surface area (Å²) in [6, 6.07) is 8.19. The molecular formula is C18H28ClO. The summed E-state index contributed by atoms with van der Waals surface area (Å²) >= 11 is 5.87. The first kappa shape index (κ1) is 17.5. The van der Waals surface area contributed by atoms with Crippen molar-refractivity contribution in [3.8, 4) is 0 Å². The van der Waals surface area contributed by atoms with Gasteiger partial charge in [0.25, 0.3) is 0 Å². The first-order chi connectivity index (χ1) is 9.83. The third-order valence-corrected chi connectivity index (χ3v) is 3.71. The number of unbranched alkanes of at least 4 members (excludes halogenated alkanes) is 6. The molecule has 0 N–H and O–H groups in total. The molecule has 1 nitrogen and oxygen atoms in total. The molecule has 0 saturated heterocycles. The number of hydrogen-bond acceptors (Lipinski definition) is 1. The van der Waals surface area contributed by atoms with Gasteiger partial charge in [0.1, 0.15) is 0 Å². The average Bonchev–Trinajstić information content (AvgIpc) is 2.47. The molecule has 1 aromatic carbocycles. The highest BCUT2D eigenvalue weighted by atomic mass is 35.5. The standard InChI is InChI=1S/C18H28ClO/c1-2-3-4-8-15-20-16-9-6-5-7-10-17-11-13-18(19)14-12-17/h11-14H,1-10,15-16H2. The monoisotopic (exact) mass is 295 g/mol. The SMILES string of the molecule is [CH2]CCCCCOCCCCCCc1ccc(Cl)cc1. The molecule has 0 spiro atoms. The van der Waals surface area contributed by atoms with E-state index in [2.05, 4.69) is 19.1 Å². The second-order valence-corrected chi connectivity index (χ2v) is 5.75. The highest BCUT2D eigenvalue weighted by molar-refractivity contribution is 6.30. The van der Waals surface area contributed by atoms with E-state index in [1.807, 2.05) is 12.1 Å². The Hall–Kier alpha value is -0.530. The Bertz CT molecular complexity index is 321. The topological polar surface area (TPSA) is 9.23 Å². The normalized spacial score (nSPS) is 10.9. The van der Waals surface area contributed by atoms with Gasteiger partial charge in [-0.3, -0.25) is 0 Å². The van der Waals surface area contributed by atoms with Gasteiger partial charge in [-0.05, 0) is 43.4 Å². The Morgan fingerprint density at radius 3 is 2.05 bits per heavy atom. The maximum absolute atomic E-state index is 5.87. The molecule has 113 valence electrons. The molecule has 20 heavy (non-hydrogen) atoms. The Kier molecular flexibility index (Phi) is 10.7. The number of ether oxygens (including phenoxy) is 1. The Morgan fingerprint density at radius 1 is 0.800 bits per heavy atom. The van der Waals surface area contributed by atoms with Crippen LogP contribution < -0.4 is 0 Å². The summed E-state index contributed by atoms with van der Waals surface area (Å²) < 4.78 is 5.62. The first-order valence-electron chi connectivity index (χ1n) is 7.94. The minimum Gasteiger partial charge on any atom is -0.381 e. The van der Waals surface area contributed by atoms with Gasteiger partial charge in [0.15, 0.2) is 0 Å². The molecule has 0 amide bonds. The van der Waals surface area contributed by atoms with E-state index in [1.165, 1.54) is 50.5 Å². The lowest BCUT2D eigenvalue weighted by molar-refractivity contribution is 0.126. The number of halogens is 1. The van der Waals surface area contributed by atoms with Crippen molar-refractivity contribution in [1.29, 1.82) is 0 Å². The number of hydrogen-bond donors (Lipinski definition) is 0. The summed E-state index contributed by atoms with van der Waals surface area (Å²) in [4.78, 5) is 0. The molecule has 0 unspecified atom stereocenters. The van der Waals surface area contributed by atoms with Crippen LogP contribution in [0, 0.1) is 6.92 Å². The van der Waals surface area contributed by atoms with Crippen molar-refractivity contribution in [2.75, 3.05) is 13.2 Å². The van der Waals surface area contributed by atoms with E-state index in [4.69, 9.17) is 16.3 Å². The first-order valence-corrected chi connectivity index (χ1v) is 8.32. The van der Waals surface area contributed by atoms with Gasteiger partial charge in [0, 0.05) is 18.2 Å². The van der Waals surface area contributed by atoms with Crippen LogP contribution in [0.5, 0.6) is 0 Å². The van der Waals surface area contributed by atoms with Gasteiger partial charge in [-0.25, -0.2) is 0 Å². The van der Waals surface area contributed by atoms with Gasteiger partial charge < -0.3 is 4.74 Å². The van der Waals surface area contributed by atoms with Gasteiger partial charge in [-0.1, -0.05) is 62.8 Å². The molecule has 0 heterocycles. The summed E-state index contributed by atoms with van der Waals surface area (Å²) in [6.07, 6.45) is 10.9. The molecule has 1 aromatic rings. The molecule has 0 aromatic heterocycles. The van der Waals surface area contributed by atoms with Crippen LogP contribution in [0.4, 0.5) is 0 Å². The van der Waals surface area contributed by atoms with Crippen LogP contribution >= 0.6 is 11.6 Å². The summed E-state index contributed by atoms with van der Waals surface area (Å²) in [5, 5.41) is 0.820. The Labute approximate surface area is 129 Å². The van der Waals surface area contributed by atoms with E-state index >= 15 is 0 Å². The highest BCUT2D eigenvalue weighted by Crippen LogP contribution is 2.12. The molecule has 0 bridgehead atoms. The third-order valence-electron chi connectivity index (χ3n) is 3.46. The van der Waals surface area contributed by atoms with Crippen LogP contribution in [0.3, 0.4) is 0 Å². The van der Waals surface area contributed by atoms with E-state index in [0.717, 1.165) is 31.1 Å². The van der Waals surface area contributed by atoms with E-state index in [0.29, 0.717) is 0 Å². The van der Waals surface area contributed by atoms with Crippen LogP contribution in [-0.4, -0.2) is 13.2 Å². The lowest BCUT2D eigenvalue weighted by Gasteiger charge is -2.04. The molecule has 0 aliphatic carbocycles. The molecule has 1 rings (SSSR count). The van der Waals surface area contributed by atoms with Gasteiger partial charge in [0.05, 0.1) is 0 Å². The van der Waals surface area contributed by atoms with Gasteiger partial charge in [-0.2, -0.15) is 0 Å². The molecule has 1 radical (unpaired) electrons. The van der Waals surface area contributed by atoms with E-state index in [9.17, 15) is 0 Å². The smallest absolute Gasteiger partial charge is 0.0466 e. The van der Waals surface area contributed by atoms with Gasteiger partial charge in [-0.15, -0.1) is 0 Å². The minimum absolute atomic E-state index is 0.820. The van der Waals surface area contributed by atoms with Crippen molar-refractivity contribution in [2.45, 2.75) is 57.8 Å². The fourth-order valence-corrected chi connectivity index (χ4v) is 2.32. The average molecular weight is 296 g/mol. The quantitative estimate of drug-likeness (QED) is 0.439. The molecule has 0 fully saturated rings. The van der Waals surface area contributed by atoms with Gasteiger partial charge >= 0.3 is 0 Å². The molecular weight excluding hydrogens is 268 g/mol. The third kappa shape index (κ3) is 9.39. The zero-order chi connectivity index (χ0) is 14.5. The van der Waals surface area contributed by atoms with Crippen molar-refractivity contribution >= 4 is 11.6 Å². The lowest BCUT2D eigenvalue weighted by atomic mass is 10.1. The van der Waals surface area contributed by atoms with Crippen LogP contribution in [-0.2, 0) is 11.2 Å². The summed E-state index contributed by atoms with van der Waals surface area (Å²) in [5.74, 6) is 0. The van der Waals surface area contributed by atoms with Crippen molar-refractivity contribution in [3.05, 3.63) is 41.8 Å². The summed E-state index contributed by atoms with van der Waals surface area (Å²) in [5.41, 5.74) is 1.39. The van der Waals surface area contributed by atoms with Crippen molar-refractivity contribution < 1.29 is 4.74 Å². The number of benzene rings is 1. The fourth-order valence-electron chi connectivity index (χ4n) is 2.20. The van der Waals surface area contributed by atoms with Crippen molar-refractivity contribution in [1.82, 2.24) is 0 Å². The maximum atomic E-state index is 5.87. The lowest BCUT2D eigenvalue weighted by Crippen LogP contribution is -1.97. The molecule has 0 atom stereocenters. The largest absolute Gasteiger partial charge is 0.381 e. The maximum Gasteiger partial charge on any atom is 0.0466 e. The Balaban J connectivity index is 1.84. The van der Waals surface area contributed by atoms with Gasteiger partial charge in [0.2, 0.25) is 0 Å². The fraction of sp³-hybridized carbons (Fsp3) is 0.611. The molecule has 0 aliphatic rings. The van der Waals surface area contributed by atoms with Crippen molar-refractivity contribution in [2.24, 2.45) is 0 Å². The number of aryl methyl sites for hydroxylation is 1. The molecule has 0 aliphatic heterocycles. The van der Waals surface area contributed by atoms with Crippen LogP contribution in [0.2, 0.25) is 5.02 Å². The molecule has 0 saturated carbocycles. The van der Waals surface area contributed by atoms with E-state index in [1.54, 1.807) is 0 Å². The van der Waals surface area contributed by atoms with E-state index in [-0.39, 0.29) is 0 Å². The summed E-state index contributed by atoms with van der Waals surface area (Å²) in [6.45, 7) is 5.68. The molecule has 2 heteroatoms. The van der Waals surface area contributed by atoms with Crippen LogP contribution in [0.1, 0.15) is 56.9 Å². The predicted molar refractivity (Wildman–Crippen MR) is 88.3 cm³/mol. The van der Waals surface area contributed by atoms with E-state index < -0.39 is 0 Å². The highest BCUT2D eigenvalue weighted by Gasteiger charge is 1.95. The summed E-state index contributed by atoms with van der Waals surface area (Å²) in [7, 11) is 0. The number of rotatable bonds is 12. The van der Waals surface area contributed by atoms with Crippen LogP contribution in [0.15, 0.2) is 24.3 Å². The second-order valence-electron chi connectivity index (χ2n) is 5.32. The van der Waals surface area contributed by atoms with Crippen LogP contribution in [0.25, 0.3) is 0 Å². The zero-order valence-electron chi connectivity index (χ0n) is 12.6. The van der Waals surface area contributed by atoms with Crippen molar-refractivity contribution in [3.63, 3.8) is 0 Å². The zero-order valence-corrected chi connectivity index (χ0v) is 13.3. The minimum atomic E-state index is 0.820. The second kappa shape index (κ2) is 12.2.